The molecule has 9 heteroatoms. The Morgan fingerprint density at radius 3 is 2.83 bits per heavy atom. The highest BCUT2D eigenvalue weighted by atomic mass is 35.5. The number of halogens is 1. The van der Waals surface area contributed by atoms with Crippen LogP contribution in [-0.4, -0.2) is 61.4 Å². The van der Waals surface area contributed by atoms with Crippen LogP contribution in [0.1, 0.15) is 19.3 Å². The predicted octanol–water partition coefficient (Wildman–Crippen LogP) is 0.246. The number of carbonyl (C=O) groups is 1. The molecular weight excluding hydrogens is 340 g/mol. The molecule has 1 amide bonds. The van der Waals surface area contributed by atoms with E-state index in [4.69, 9.17) is 5.73 Å². The lowest BCUT2D eigenvalue weighted by molar-refractivity contribution is -0.130. The second-order valence-electron chi connectivity index (χ2n) is 5.73. The molecule has 3 aliphatic rings. The fourth-order valence-electron chi connectivity index (χ4n) is 3.01. The Bertz CT molecular complexity index is 672. The molecule has 0 aromatic rings. The SMILES string of the molecule is Cl.NCC1CCCCN1C(=O)C1=CN2CCS(=O)(=O)N=C2C=C1. The van der Waals surface area contributed by atoms with Crippen LogP contribution in [0.3, 0.4) is 0 Å². The number of nitrogens with zero attached hydrogens (tertiary/aromatic N) is 3. The van der Waals surface area contributed by atoms with E-state index < -0.39 is 10.0 Å². The summed E-state index contributed by atoms with van der Waals surface area (Å²) < 4.78 is 26.7. The van der Waals surface area contributed by atoms with E-state index in [0.717, 1.165) is 25.8 Å². The lowest BCUT2D eigenvalue weighted by atomic mass is 10.0. The van der Waals surface area contributed by atoms with Gasteiger partial charge in [0.05, 0.1) is 11.3 Å². The first-order valence-electron chi connectivity index (χ1n) is 7.50. The number of likely N-dealkylation sites (tertiary alicyclic amines) is 1. The van der Waals surface area contributed by atoms with Crippen molar-refractivity contribution in [3.05, 3.63) is 23.9 Å². The van der Waals surface area contributed by atoms with Crippen LogP contribution in [0.15, 0.2) is 28.3 Å². The van der Waals surface area contributed by atoms with Gasteiger partial charge in [0, 0.05) is 31.9 Å². The maximum absolute atomic E-state index is 12.7. The van der Waals surface area contributed by atoms with Gasteiger partial charge in [-0.15, -0.1) is 16.8 Å². The van der Waals surface area contributed by atoms with Gasteiger partial charge in [-0.25, -0.2) is 8.42 Å². The number of fused-ring (bicyclic) bond motifs is 1. The van der Waals surface area contributed by atoms with Gasteiger partial charge in [-0.05, 0) is 31.4 Å². The summed E-state index contributed by atoms with van der Waals surface area (Å²) in [5, 5.41) is 0. The maximum atomic E-state index is 12.7. The second kappa shape index (κ2) is 7.02. The molecule has 1 fully saturated rings. The number of piperidine rings is 1. The molecule has 0 spiro atoms. The van der Waals surface area contributed by atoms with Crippen LogP contribution < -0.4 is 5.73 Å². The molecule has 7 nitrogen and oxygen atoms in total. The molecule has 0 radical (unpaired) electrons. The van der Waals surface area contributed by atoms with Gasteiger partial charge in [0.25, 0.3) is 15.9 Å². The summed E-state index contributed by atoms with van der Waals surface area (Å²) >= 11 is 0. The Balaban J connectivity index is 0.00000192. The molecule has 1 atom stereocenters. The summed E-state index contributed by atoms with van der Waals surface area (Å²) in [7, 11) is -3.37. The van der Waals surface area contributed by atoms with Crippen molar-refractivity contribution in [2.24, 2.45) is 10.1 Å². The van der Waals surface area contributed by atoms with Crippen LogP contribution >= 0.6 is 12.4 Å². The molecule has 1 unspecified atom stereocenters. The van der Waals surface area contributed by atoms with Crippen molar-refractivity contribution in [1.29, 1.82) is 0 Å². The minimum atomic E-state index is -3.37. The van der Waals surface area contributed by atoms with Crippen LogP contribution in [0.25, 0.3) is 0 Å². The smallest absolute Gasteiger partial charge is 0.256 e. The highest BCUT2D eigenvalue weighted by Gasteiger charge is 2.30. The highest BCUT2D eigenvalue weighted by molar-refractivity contribution is 7.90. The fourth-order valence-corrected chi connectivity index (χ4v) is 3.98. The number of rotatable bonds is 2. The van der Waals surface area contributed by atoms with E-state index in [1.165, 1.54) is 0 Å². The fraction of sp³-hybridized carbons (Fsp3) is 0.571. The first-order valence-corrected chi connectivity index (χ1v) is 9.11. The summed E-state index contributed by atoms with van der Waals surface area (Å²) in [5.74, 6) is 0.299. The number of amidine groups is 1. The summed E-state index contributed by atoms with van der Waals surface area (Å²) in [6, 6.07) is 0.0901. The molecule has 0 aromatic heterocycles. The van der Waals surface area contributed by atoms with E-state index in [9.17, 15) is 13.2 Å². The largest absolute Gasteiger partial charge is 0.334 e. The minimum Gasteiger partial charge on any atom is -0.334 e. The molecule has 3 rings (SSSR count). The van der Waals surface area contributed by atoms with Crippen molar-refractivity contribution < 1.29 is 13.2 Å². The Morgan fingerprint density at radius 1 is 1.30 bits per heavy atom. The van der Waals surface area contributed by atoms with Gasteiger partial charge in [0.2, 0.25) is 0 Å². The summed E-state index contributed by atoms with van der Waals surface area (Å²) in [4.78, 5) is 16.2. The summed E-state index contributed by atoms with van der Waals surface area (Å²) in [5.41, 5.74) is 6.32. The number of hydrogen-bond donors (Lipinski definition) is 1. The molecule has 0 aliphatic carbocycles. The van der Waals surface area contributed by atoms with Gasteiger partial charge in [-0.2, -0.15) is 0 Å². The summed E-state index contributed by atoms with van der Waals surface area (Å²) in [6.45, 7) is 1.52. The van der Waals surface area contributed by atoms with Gasteiger partial charge >= 0.3 is 0 Å². The van der Waals surface area contributed by atoms with Crippen molar-refractivity contribution >= 4 is 34.2 Å². The van der Waals surface area contributed by atoms with Gasteiger partial charge < -0.3 is 15.5 Å². The van der Waals surface area contributed by atoms with Gasteiger partial charge in [0.15, 0.2) is 0 Å². The molecular formula is C14H21ClN4O3S. The molecule has 0 aromatic carbocycles. The molecule has 3 heterocycles. The van der Waals surface area contributed by atoms with Crippen LogP contribution in [0.4, 0.5) is 0 Å². The lowest BCUT2D eigenvalue weighted by Crippen LogP contribution is -2.48. The monoisotopic (exact) mass is 360 g/mol. The van der Waals surface area contributed by atoms with Gasteiger partial charge in [-0.3, -0.25) is 4.79 Å². The molecule has 128 valence electrons. The first-order chi connectivity index (χ1) is 10.5. The number of carbonyl (C=O) groups excluding carboxylic acids is 1. The molecule has 0 bridgehead atoms. The highest BCUT2D eigenvalue weighted by Crippen LogP contribution is 2.22. The van der Waals surface area contributed by atoms with Crippen molar-refractivity contribution in [3.63, 3.8) is 0 Å². The average Bonchev–Trinajstić information content (AvgIpc) is 2.53. The van der Waals surface area contributed by atoms with E-state index in [1.807, 2.05) is 4.90 Å². The lowest BCUT2D eigenvalue weighted by Gasteiger charge is -2.36. The van der Waals surface area contributed by atoms with E-state index in [1.54, 1.807) is 23.3 Å². The zero-order chi connectivity index (χ0) is 15.7. The molecule has 2 N–H and O–H groups in total. The van der Waals surface area contributed by atoms with Crippen molar-refractivity contribution in [2.75, 3.05) is 25.4 Å². The number of amides is 1. The van der Waals surface area contributed by atoms with Crippen molar-refractivity contribution in [3.8, 4) is 0 Å². The Morgan fingerprint density at radius 2 is 2.09 bits per heavy atom. The Kier molecular flexibility index (Phi) is 5.49. The van der Waals surface area contributed by atoms with E-state index in [0.29, 0.717) is 24.5 Å². The van der Waals surface area contributed by atoms with E-state index >= 15 is 0 Å². The molecule has 23 heavy (non-hydrogen) atoms. The van der Waals surface area contributed by atoms with Crippen LogP contribution in [-0.2, 0) is 14.8 Å². The number of nitrogens with two attached hydrogens (primary N) is 1. The van der Waals surface area contributed by atoms with Crippen LogP contribution in [0, 0.1) is 0 Å². The van der Waals surface area contributed by atoms with E-state index in [-0.39, 0.29) is 30.1 Å². The van der Waals surface area contributed by atoms with Gasteiger partial charge in [-0.1, -0.05) is 0 Å². The zero-order valence-corrected chi connectivity index (χ0v) is 14.4. The zero-order valence-electron chi connectivity index (χ0n) is 12.7. The number of hydrogen-bond acceptors (Lipinski definition) is 5. The third-order valence-electron chi connectivity index (χ3n) is 4.23. The van der Waals surface area contributed by atoms with Crippen LogP contribution in [0.5, 0.6) is 0 Å². The minimum absolute atomic E-state index is 0. The third-order valence-corrected chi connectivity index (χ3v) is 5.39. The average molecular weight is 361 g/mol. The molecule has 1 saturated heterocycles. The topological polar surface area (TPSA) is 96.1 Å². The maximum Gasteiger partial charge on any atom is 0.256 e. The third kappa shape index (κ3) is 3.76. The quantitative estimate of drug-likeness (QED) is 0.761. The van der Waals surface area contributed by atoms with Crippen molar-refractivity contribution in [2.45, 2.75) is 25.3 Å². The normalized spacial score (nSPS) is 25.9. The van der Waals surface area contributed by atoms with Gasteiger partial charge in [0.1, 0.15) is 5.84 Å². The molecule has 0 saturated carbocycles. The van der Waals surface area contributed by atoms with Crippen LogP contribution in [0.2, 0.25) is 0 Å². The first kappa shape index (κ1) is 18.0. The Labute approximate surface area is 142 Å². The predicted molar refractivity (Wildman–Crippen MR) is 90.8 cm³/mol. The summed E-state index contributed by atoms with van der Waals surface area (Å²) in [6.07, 6.45) is 7.95. The van der Waals surface area contributed by atoms with Crippen molar-refractivity contribution in [1.82, 2.24) is 9.80 Å². The second-order valence-corrected chi connectivity index (χ2v) is 7.49. The Hall–Kier alpha value is -1.38. The molecule has 3 aliphatic heterocycles. The number of sulfonamides is 1. The standard InChI is InChI=1S/C14H20N4O3S.ClH/c15-9-12-3-1-2-6-18(12)14(19)11-4-5-13-16-22(20,21)8-7-17(13)10-11;/h4-5,10,12H,1-3,6-9,15H2;1H. The van der Waals surface area contributed by atoms with E-state index in [2.05, 4.69) is 4.40 Å².